The van der Waals surface area contributed by atoms with Gasteiger partial charge in [-0.25, -0.2) is 0 Å². The summed E-state index contributed by atoms with van der Waals surface area (Å²) in [7, 11) is 0. The Labute approximate surface area is 124 Å². The first-order chi connectivity index (χ1) is 9.60. The Hall–Kier alpha value is -1.51. The third-order valence-corrected chi connectivity index (χ3v) is 4.30. The van der Waals surface area contributed by atoms with Crippen molar-refractivity contribution in [2.75, 3.05) is 6.61 Å². The first kappa shape index (κ1) is 13.5. The Morgan fingerprint density at radius 2 is 1.95 bits per heavy atom. The molecule has 0 saturated heterocycles. The summed E-state index contributed by atoms with van der Waals surface area (Å²) in [4.78, 5) is 0. The molecule has 1 heterocycles. The van der Waals surface area contributed by atoms with Gasteiger partial charge >= 0.3 is 0 Å². The van der Waals surface area contributed by atoms with Crippen molar-refractivity contribution in [3.63, 3.8) is 0 Å². The molecule has 2 N–H and O–H groups in total. The van der Waals surface area contributed by atoms with E-state index < -0.39 is 0 Å². The normalized spacial score (nSPS) is 13.2. The summed E-state index contributed by atoms with van der Waals surface area (Å²) in [5, 5.41) is 0.815. The number of fused-ring (bicyclic) bond motifs is 1. The first-order valence-electron chi connectivity index (χ1n) is 6.86. The fourth-order valence-corrected chi connectivity index (χ4v) is 3.01. The van der Waals surface area contributed by atoms with Gasteiger partial charge in [0.05, 0.1) is 6.61 Å². The lowest BCUT2D eigenvalue weighted by Crippen LogP contribution is -2.00. The molecule has 0 radical (unpaired) electrons. The second-order valence-corrected chi connectivity index (χ2v) is 5.75. The van der Waals surface area contributed by atoms with E-state index in [0.29, 0.717) is 6.54 Å². The highest BCUT2D eigenvalue weighted by Gasteiger charge is 2.18. The average molecular weight is 288 g/mol. The second-order valence-electron chi connectivity index (χ2n) is 5.34. The zero-order valence-corrected chi connectivity index (χ0v) is 12.6. The van der Waals surface area contributed by atoms with Crippen LogP contribution in [-0.4, -0.2) is 6.61 Å². The van der Waals surface area contributed by atoms with Gasteiger partial charge in [0.15, 0.2) is 0 Å². The van der Waals surface area contributed by atoms with E-state index in [9.17, 15) is 0 Å². The van der Waals surface area contributed by atoms with Crippen molar-refractivity contribution in [2.45, 2.75) is 26.8 Å². The SMILES string of the molecule is Cc1cc(-c2cc(CN)c3c(c2)CCO3)c(C)cc1Cl. The van der Waals surface area contributed by atoms with Crippen molar-refractivity contribution in [2.24, 2.45) is 5.73 Å². The molecule has 0 aliphatic carbocycles. The van der Waals surface area contributed by atoms with Crippen molar-refractivity contribution in [3.8, 4) is 16.9 Å². The van der Waals surface area contributed by atoms with Gasteiger partial charge in [-0.15, -0.1) is 0 Å². The van der Waals surface area contributed by atoms with E-state index in [4.69, 9.17) is 22.1 Å². The van der Waals surface area contributed by atoms with Crippen molar-refractivity contribution < 1.29 is 4.74 Å². The molecule has 104 valence electrons. The fraction of sp³-hybridized carbons (Fsp3) is 0.294. The molecule has 0 unspecified atom stereocenters. The molecule has 2 nitrogen and oxygen atoms in total. The molecule has 0 amide bonds. The molecule has 0 saturated carbocycles. The monoisotopic (exact) mass is 287 g/mol. The summed E-state index contributed by atoms with van der Waals surface area (Å²) in [6.45, 7) is 5.38. The maximum absolute atomic E-state index is 6.19. The number of hydrogen-bond acceptors (Lipinski definition) is 2. The van der Waals surface area contributed by atoms with Crippen LogP contribution in [0.1, 0.15) is 22.3 Å². The molecule has 0 atom stereocenters. The van der Waals surface area contributed by atoms with Crippen LogP contribution < -0.4 is 10.5 Å². The van der Waals surface area contributed by atoms with Crippen LogP contribution in [-0.2, 0) is 13.0 Å². The van der Waals surface area contributed by atoms with E-state index in [1.54, 1.807) is 0 Å². The highest BCUT2D eigenvalue weighted by Crippen LogP contribution is 2.36. The number of benzene rings is 2. The van der Waals surface area contributed by atoms with Gasteiger partial charge in [-0.2, -0.15) is 0 Å². The molecule has 3 heteroatoms. The standard InChI is InChI=1S/C17H18ClNO/c1-10-6-16(18)11(2)5-15(10)13-7-12-3-4-20-17(12)14(8-13)9-19/h5-8H,3-4,9,19H2,1-2H3. The Bertz CT molecular complexity index is 679. The van der Waals surface area contributed by atoms with Gasteiger partial charge < -0.3 is 10.5 Å². The summed E-state index contributed by atoms with van der Waals surface area (Å²) in [6.07, 6.45) is 0.960. The Morgan fingerprint density at radius 3 is 2.70 bits per heavy atom. The van der Waals surface area contributed by atoms with Crippen molar-refractivity contribution in [3.05, 3.63) is 51.5 Å². The van der Waals surface area contributed by atoms with E-state index in [1.165, 1.54) is 22.3 Å². The minimum Gasteiger partial charge on any atom is -0.493 e. The van der Waals surface area contributed by atoms with Gasteiger partial charge in [0, 0.05) is 23.6 Å². The predicted octanol–water partition coefficient (Wildman–Crippen LogP) is 4.02. The number of hydrogen-bond donors (Lipinski definition) is 1. The van der Waals surface area contributed by atoms with Crippen LogP contribution in [0.5, 0.6) is 5.75 Å². The lowest BCUT2D eigenvalue weighted by atomic mass is 9.94. The van der Waals surface area contributed by atoms with E-state index in [1.807, 2.05) is 13.0 Å². The molecule has 0 bridgehead atoms. The largest absolute Gasteiger partial charge is 0.493 e. The summed E-state index contributed by atoms with van der Waals surface area (Å²) >= 11 is 6.19. The molecule has 3 rings (SSSR count). The smallest absolute Gasteiger partial charge is 0.127 e. The lowest BCUT2D eigenvalue weighted by Gasteiger charge is -2.13. The Balaban J connectivity index is 2.18. The number of ether oxygens (including phenoxy) is 1. The Morgan fingerprint density at radius 1 is 1.15 bits per heavy atom. The Kier molecular flexibility index (Phi) is 3.45. The molecule has 20 heavy (non-hydrogen) atoms. The zero-order chi connectivity index (χ0) is 14.3. The second kappa shape index (κ2) is 5.12. The molecule has 0 spiro atoms. The highest BCUT2D eigenvalue weighted by molar-refractivity contribution is 6.31. The lowest BCUT2D eigenvalue weighted by molar-refractivity contribution is 0.353. The molecule has 2 aromatic rings. The van der Waals surface area contributed by atoms with E-state index in [-0.39, 0.29) is 0 Å². The van der Waals surface area contributed by atoms with Crippen molar-refractivity contribution >= 4 is 11.6 Å². The van der Waals surface area contributed by atoms with Crippen LogP contribution in [0.15, 0.2) is 24.3 Å². The van der Waals surface area contributed by atoms with Gasteiger partial charge in [-0.1, -0.05) is 11.6 Å². The molecular weight excluding hydrogens is 270 g/mol. The molecule has 0 aromatic heterocycles. The summed E-state index contributed by atoms with van der Waals surface area (Å²) in [5.41, 5.74) is 12.9. The number of rotatable bonds is 2. The minimum absolute atomic E-state index is 0.502. The summed E-state index contributed by atoms with van der Waals surface area (Å²) in [6, 6.07) is 8.53. The number of nitrogens with two attached hydrogens (primary N) is 1. The van der Waals surface area contributed by atoms with Crippen LogP contribution in [0.3, 0.4) is 0 Å². The molecule has 1 aliphatic rings. The van der Waals surface area contributed by atoms with Crippen molar-refractivity contribution in [1.29, 1.82) is 0 Å². The highest BCUT2D eigenvalue weighted by atomic mass is 35.5. The van der Waals surface area contributed by atoms with Gasteiger partial charge in [-0.05, 0) is 65.9 Å². The predicted molar refractivity (Wildman–Crippen MR) is 83.5 cm³/mol. The van der Waals surface area contributed by atoms with Gasteiger partial charge in [0.1, 0.15) is 5.75 Å². The van der Waals surface area contributed by atoms with Crippen LogP contribution in [0, 0.1) is 13.8 Å². The third-order valence-electron chi connectivity index (χ3n) is 3.90. The van der Waals surface area contributed by atoms with Gasteiger partial charge in [-0.3, -0.25) is 0 Å². The average Bonchev–Trinajstić information content (AvgIpc) is 2.90. The molecular formula is C17H18ClNO. The quantitative estimate of drug-likeness (QED) is 0.905. The summed E-state index contributed by atoms with van der Waals surface area (Å²) < 4.78 is 5.68. The molecule has 0 fully saturated rings. The fourth-order valence-electron chi connectivity index (χ4n) is 2.79. The summed E-state index contributed by atoms with van der Waals surface area (Å²) in [5.74, 6) is 0.986. The van der Waals surface area contributed by atoms with E-state index >= 15 is 0 Å². The molecule has 1 aliphatic heterocycles. The van der Waals surface area contributed by atoms with E-state index in [0.717, 1.165) is 34.9 Å². The number of halogens is 1. The van der Waals surface area contributed by atoms with Crippen LogP contribution in [0.25, 0.3) is 11.1 Å². The van der Waals surface area contributed by atoms with Gasteiger partial charge in [0.2, 0.25) is 0 Å². The van der Waals surface area contributed by atoms with Crippen molar-refractivity contribution in [1.82, 2.24) is 0 Å². The minimum atomic E-state index is 0.502. The van der Waals surface area contributed by atoms with E-state index in [2.05, 4.69) is 25.1 Å². The maximum Gasteiger partial charge on any atom is 0.127 e. The maximum atomic E-state index is 6.19. The number of aryl methyl sites for hydroxylation is 2. The van der Waals surface area contributed by atoms with Gasteiger partial charge in [0.25, 0.3) is 0 Å². The van der Waals surface area contributed by atoms with Crippen LogP contribution in [0.4, 0.5) is 0 Å². The van der Waals surface area contributed by atoms with Crippen LogP contribution in [0.2, 0.25) is 5.02 Å². The van der Waals surface area contributed by atoms with Crippen LogP contribution >= 0.6 is 11.6 Å². The first-order valence-corrected chi connectivity index (χ1v) is 7.23. The molecule has 2 aromatic carbocycles. The third kappa shape index (κ3) is 2.19. The topological polar surface area (TPSA) is 35.2 Å². The zero-order valence-electron chi connectivity index (χ0n) is 11.8.